The summed E-state index contributed by atoms with van der Waals surface area (Å²) in [6.45, 7) is 8.89. The molecular formula is C22H31F4N3O. The van der Waals surface area contributed by atoms with Crippen molar-refractivity contribution in [2.24, 2.45) is 5.92 Å². The van der Waals surface area contributed by atoms with Crippen LogP contribution in [0.5, 0.6) is 0 Å². The molecule has 1 aromatic carbocycles. The zero-order valence-corrected chi connectivity index (χ0v) is 17.8. The maximum Gasteiger partial charge on any atom is 0.419 e. The van der Waals surface area contributed by atoms with Gasteiger partial charge in [-0.15, -0.1) is 0 Å². The standard InChI is InChI=1S/C22H31F4N3O/c1-14(2)29-11-10-28(13-15(29)3)21(30)16-4-6-17(7-5-16)27-18-8-9-19(20(23)12-18)22(24,25)26/h8-9,12,14-17,27H,4-7,10-11,13H2,1-3H3. The summed E-state index contributed by atoms with van der Waals surface area (Å²) in [5.41, 5.74) is -0.914. The summed E-state index contributed by atoms with van der Waals surface area (Å²) in [4.78, 5) is 17.3. The molecule has 1 heterocycles. The van der Waals surface area contributed by atoms with Crippen LogP contribution in [0.25, 0.3) is 0 Å². The zero-order chi connectivity index (χ0) is 22.1. The van der Waals surface area contributed by atoms with E-state index >= 15 is 0 Å². The van der Waals surface area contributed by atoms with Gasteiger partial charge in [0.2, 0.25) is 5.91 Å². The summed E-state index contributed by atoms with van der Waals surface area (Å²) in [7, 11) is 0. The maximum atomic E-state index is 13.8. The van der Waals surface area contributed by atoms with Gasteiger partial charge in [0, 0.05) is 49.4 Å². The highest BCUT2D eigenvalue weighted by molar-refractivity contribution is 5.79. The van der Waals surface area contributed by atoms with Crippen molar-refractivity contribution >= 4 is 11.6 Å². The van der Waals surface area contributed by atoms with Crippen molar-refractivity contribution in [3.8, 4) is 0 Å². The fourth-order valence-corrected chi connectivity index (χ4v) is 4.75. The Balaban J connectivity index is 1.50. The van der Waals surface area contributed by atoms with E-state index in [-0.39, 0.29) is 17.9 Å². The van der Waals surface area contributed by atoms with Crippen LogP contribution in [0.3, 0.4) is 0 Å². The molecule has 0 aromatic heterocycles. The average molecular weight is 430 g/mol. The van der Waals surface area contributed by atoms with Crippen molar-refractivity contribution in [1.29, 1.82) is 0 Å². The van der Waals surface area contributed by atoms with E-state index in [0.29, 0.717) is 17.8 Å². The normalized spacial score (nSPS) is 26.1. The molecule has 1 aliphatic carbocycles. The molecule has 30 heavy (non-hydrogen) atoms. The number of halogens is 4. The van der Waals surface area contributed by atoms with Crippen molar-refractivity contribution in [3.63, 3.8) is 0 Å². The summed E-state index contributed by atoms with van der Waals surface area (Å²) in [6, 6.07) is 3.77. The van der Waals surface area contributed by atoms with Crippen LogP contribution in [-0.2, 0) is 11.0 Å². The molecule has 1 aliphatic heterocycles. The van der Waals surface area contributed by atoms with E-state index < -0.39 is 17.6 Å². The van der Waals surface area contributed by atoms with Gasteiger partial charge in [-0.2, -0.15) is 13.2 Å². The molecule has 1 amide bonds. The minimum absolute atomic E-state index is 0.00908. The molecule has 1 atom stereocenters. The predicted octanol–water partition coefficient (Wildman–Crippen LogP) is 4.76. The van der Waals surface area contributed by atoms with E-state index in [1.165, 1.54) is 6.07 Å². The van der Waals surface area contributed by atoms with E-state index in [9.17, 15) is 22.4 Å². The van der Waals surface area contributed by atoms with Gasteiger partial charge < -0.3 is 10.2 Å². The second kappa shape index (κ2) is 9.12. The third-order valence-corrected chi connectivity index (χ3v) is 6.38. The smallest absolute Gasteiger partial charge is 0.382 e. The minimum Gasteiger partial charge on any atom is -0.382 e. The number of hydrogen-bond donors (Lipinski definition) is 1. The number of piperazine rings is 1. The Hall–Kier alpha value is -1.83. The van der Waals surface area contributed by atoms with Crippen LogP contribution in [0, 0.1) is 11.7 Å². The highest BCUT2D eigenvalue weighted by Gasteiger charge is 2.35. The van der Waals surface area contributed by atoms with Crippen LogP contribution in [0.2, 0.25) is 0 Å². The number of anilines is 1. The molecule has 0 radical (unpaired) electrons. The quantitative estimate of drug-likeness (QED) is 0.702. The van der Waals surface area contributed by atoms with Gasteiger partial charge >= 0.3 is 6.18 Å². The van der Waals surface area contributed by atoms with E-state index in [1.807, 2.05) is 4.90 Å². The topological polar surface area (TPSA) is 35.6 Å². The van der Waals surface area contributed by atoms with E-state index in [4.69, 9.17) is 0 Å². The van der Waals surface area contributed by atoms with Gasteiger partial charge in [0.15, 0.2) is 0 Å². The highest BCUT2D eigenvalue weighted by atomic mass is 19.4. The SMILES string of the molecule is CC(C)N1CCN(C(=O)C2CCC(Nc3ccc(C(F)(F)F)c(F)c3)CC2)CC1C. The lowest BCUT2D eigenvalue weighted by Gasteiger charge is -2.43. The second-order valence-electron chi connectivity index (χ2n) is 8.85. The summed E-state index contributed by atoms with van der Waals surface area (Å²) in [6.07, 6.45) is -1.75. The Morgan fingerprint density at radius 3 is 2.33 bits per heavy atom. The van der Waals surface area contributed by atoms with Gasteiger partial charge in [0.05, 0.1) is 5.56 Å². The van der Waals surface area contributed by atoms with Gasteiger partial charge in [-0.25, -0.2) is 4.39 Å². The molecule has 2 fully saturated rings. The number of carbonyl (C=O) groups excluding carboxylic acids is 1. The molecule has 0 bridgehead atoms. The number of nitrogens with zero attached hydrogens (tertiary/aromatic N) is 2. The molecule has 1 saturated carbocycles. The molecule has 0 spiro atoms. The third kappa shape index (κ3) is 5.25. The fraction of sp³-hybridized carbons (Fsp3) is 0.682. The predicted molar refractivity (Wildman–Crippen MR) is 109 cm³/mol. The monoisotopic (exact) mass is 429 g/mol. The second-order valence-corrected chi connectivity index (χ2v) is 8.85. The summed E-state index contributed by atoms with van der Waals surface area (Å²) >= 11 is 0. The van der Waals surface area contributed by atoms with Crippen molar-refractivity contribution in [2.75, 3.05) is 25.0 Å². The van der Waals surface area contributed by atoms with Crippen molar-refractivity contribution in [1.82, 2.24) is 9.80 Å². The molecule has 1 N–H and O–H groups in total. The van der Waals surface area contributed by atoms with Gasteiger partial charge in [-0.1, -0.05) is 0 Å². The van der Waals surface area contributed by atoms with Gasteiger partial charge in [-0.3, -0.25) is 9.69 Å². The first-order chi connectivity index (χ1) is 14.1. The van der Waals surface area contributed by atoms with E-state index in [1.54, 1.807) is 0 Å². The van der Waals surface area contributed by atoms with Crippen LogP contribution in [0.1, 0.15) is 52.0 Å². The lowest BCUT2D eigenvalue weighted by atomic mass is 9.84. The number of amides is 1. The van der Waals surface area contributed by atoms with Crippen molar-refractivity contribution in [3.05, 3.63) is 29.6 Å². The van der Waals surface area contributed by atoms with Crippen LogP contribution in [-0.4, -0.2) is 53.5 Å². The highest BCUT2D eigenvalue weighted by Crippen LogP contribution is 2.34. The van der Waals surface area contributed by atoms with Crippen LogP contribution in [0.15, 0.2) is 18.2 Å². The van der Waals surface area contributed by atoms with Crippen molar-refractivity contribution < 1.29 is 22.4 Å². The van der Waals surface area contributed by atoms with Gasteiger partial charge in [-0.05, 0) is 64.7 Å². The van der Waals surface area contributed by atoms with Gasteiger partial charge in [0.1, 0.15) is 5.82 Å². The minimum atomic E-state index is -4.70. The lowest BCUT2D eigenvalue weighted by Crippen LogP contribution is -2.56. The molecule has 4 nitrogen and oxygen atoms in total. The summed E-state index contributed by atoms with van der Waals surface area (Å²) in [5.74, 6) is -1.07. The Morgan fingerprint density at radius 2 is 1.80 bits per heavy atom. The number of alkyl halides is 3. The molecule has 8 heteroatoms. The van der Waals surface area contributed by atoms with Crippen LogP contribution >= 0.6 is 0 Å². The first kappa shape index (κ1) is 22.8. The molecule has 3 rings (SSSR count). The number of rotatable bonds is 4. The summed E-state index contributed by atoms with van der Waals surface area (Å²) < 4.78 is 51.9. The fourth-order valence-electron chi connectivity index (χ4n) is 4.75. The lowest BCUT2D eigenvalue weighted by molar-refractivity contribution is -0.140. The first-order valence-corrected chi connectivity index (χ1v) is 10.7. The first-order valence-electron chi connectivity index (χ1n) is 10.7. The third-order valence-electron chi connectivity index (χ3n) is 6.38. The molecule has 168 valence electrons. The Labute approximate surface area is 175 Å². The Morgan fingerprint density at radius 1 is 1.13 bits per heavy atom. The molecule has 2 aliphatic rings. The van der Waals surface area contributed by atoms with E-state index in [0.717, 1.165) is 57.5 Å². The molecule has 1 aromatic rings. The molecule has 1 saturated heterocycles. The zero-order valence-electron chi connectivity index (χ0n) is 17.8. The average Bonchev–Trinajstić information content (AvgIpc) is 2.66. The number of hydrogen-bond acceptors (Lipinski definition) is 3. The number of nitrogens with one attached hydrogen (secondary N) is 1. The number of benzene rings is 1. The van der Waals surface area contributed by atoms with Gasteiger partial charge in [0.25, 0.3) is 0 Å². The number of carbonyl (C=O) groups is 1. The van der Waals surface area contributed by atoms with Crippen LogP contribution < -0.4 is 5.32 Å². The van der Waals surface area contributed by atoms with Crippen LogP contribution in [0.4, 0.5) is 23.2 Å². The summed E-state index contributed by atoms with van der Waals surface area (Å²) in [5, 5.41) is 3.13. The van der Waals surface area contributed by atoms with E-state index in [2.05, 4.69) is 31.0 Å². The largest absolute Gasteiger partial charge is 0.419 e. The molecule has 1 unspecified atom stereocenters. The Kier molecular flexibility index (Phi) is 6.95. The Bertz CT molecular complexity index is 744. The van der Waals surface area contributed by atoms with Crippen molar-refractivity contribution in [2.45, 2.75) is 70.8 Å². The molecular weight excluding hydrogens is 398 g/mol. The maximum absolute atomic E-state index is 13.8.